The molecule has 210 valence electrons. The first-order valence-electron chi connectivity index (χ1n) is 13.0. The molecule has 40 heavy (non-hydrogen) atoms. The molecule has 1 aromatic carbocycles. The van der Waals surface area contributed by atoms with Crippen LogP contribution in [0.3, 0.4) is 0 Å². The largest absolute Gasteiger partial charge is 0.463 e. The van der Waals surface area contributed by atoms with Crippen LogP contribution < -0.4 is 16.1 Å². The number of carbonyl (C=O) groups is 2. The quantitative estimate of drug-likeness (QED) is 0.286. The molecule has 0 saturated heterocycles. The van der Waals surface area contributed by atoms with E-state index in [1.807, 2.05) is 0 Å². The third-order valence-electron chi connectivity index (χ3n) is 8.58. The van der Waals surface area contributed by atoms with Crippen LogP contribution in [-0.2, 0) is 29.1 Å². The van der Waals surface area contributed by atoms with Crippen molar-refractivity contribution in [3.63, 3.8) is 0 Å². The first-order chi connectivity index (χ1) is 18.8. The zero-order valence-corrected chi connectivity index (χ0v) is 22.8. The van der Waals surface area contributed by atoms with Gasteiger partial charge in [0.05, 0.1) is 35.1 Å². The van der Waals surface area contributed by atoms with Crippen LogP contribution in [0.25, 0.3) is 22.3 Å². The van der Waals surface area contributed by atoms with Crippen molar-refractivity contribution in [3.8, 4) is 11.4 Å². The minimum Gasteiger partial charge on any atom is -0.463 e. The maximum atomic E-state index is 15.0. The van der Waals surface area contributed by atoms with E-state index in [0.717, 1.165) is 6.92 Å². The van der Waals surface area contributed by atoms with Gasteiger partial charge in [0, 0.05) is 17.0 Å². The number of benzene rings is 1. The van der Waals surface area contributed by atoms with Crippen LogP contribution in [0, 0.1) is 18.7 Å². The molecule has 13 heteroatoms. The van der Waals surface area contributed by atoms with Crippen molar-refractivity contribution in [1.29, 1.82) is 0 Å². The van der Waals surface area contributed by atoms with Gasteiger partial charge in [-0.15, -0.1) is 0 Å². The van der Waals surface area contributed by atoms with Gasteiger partial charge in [-0.3, -0.25) is 14.4 Å². The van der Waals surface area contributed by atoms with Crippen LogP contribution in [0.4, 0.5) is 22.4 Å². The number of fused-ring (bicyclic) bond motifs is 5. The molecule has 4 heterocycles. The van der Waals surface area contributed by atoms with Crippen molar-refractivity contribution in [2.24, 2.45) is 5.92 Å². The van der Waals surface area contributed by atoms with Crippen LogP contribution in [0.1, 0.15) is 54.1 Å². The fourth-order valence-electron chi connectivity index (χ4n) is 6.14. The van der Waals surface area contributed by atoms with Gasteiger partial charge >= 0.3 is 20.1 Å². The van der Waals surface area contributed by atoms with E-state index in [9.17, 15) is 36.7 Å². The first-order valence-corrected chi connectivity index (χ1v) is 15.1. The highest BCUT2D eigenvalue weighted by Gasteiger charge is 2.49. The highest BCUT2D eigenvalue weighted by molar-refractivity contribution is 7.09. The van der Waals surface area contributed by atoms with Crippen molar-refractivity contribution in [2.45, 2.75) is 65.0 Å². The number of amides is 1. The van der Waals surface area contributed by atoms with E-state index in [1.165, 1.54) is 10.6 Å². The topological polar surface area (TPSA) is 111 Å². The number of cyclic esters (lactones) is 1. The summed E-state index contributed by atoms with van der Waals surface area (Å²) in [6, 6.07) is 2.07. The lowest BCUT2D eigenvalue weighted by Crippen LogP contribution is -2.61. The third kappa shape index (κ3) is 3.59. The molecule has 0 saturated carbocycles. The Morgan fingerprint density at radius 1 is 1.27 bits per heavy atom. The normalized spacial score (nSPS) is 21.9. The fourth-order valence-corrected chi connectivity index (χ4v) is 8.40. The third-order valence-corrected chi connectivity index (χ3v) is 11.8. The molecule has 0 bridgehead atoms. The summed E-state index contributed by atoms with van der Waals surface area (Å²) in [4.78, 5) is 54.8. The number of pyridine rings is 2. The van der Waals surface area contributed by atoms with E-state index in [2.05, 4.69) is 5.32 Å². The predicted molar refractivity (Wildman–Crippen MR) is 138 cm³/mol. The number of hydrogen-bond donors (Lipinski definition) is 2. The van der Waals surface area contributed by atoms with E-state index in [-0.39, 0.29) is 41.9 Å². The Kier molecular flexibility index (Phi) is 5.80. The summed E-state index contributed by atoms with van der Waals surface area (Å²) in [6.07, 6.45) is -4.19. The molecule has 3 aromatic rings. The fraction of sp³-hybridized carbons (Fsp3) is 0.407. The molecular weight excluding hydrogens is 550 g/mol. The lowest BCUT2D eigenvalue weighted by molar-refractivity contribution is -0.179. The van der Waals surface area contributed by atoms with Crippen molar-refractivity contribution in [3.05, 3.63) is 56.1 Å². The second-order valence-corrected chi connectivity index (χ2v) is 14.0. The minimum atomic E-state index is -4.73. The molecule has 2 aliphatic heterocycles. The van der Waals surface area contributed by atoms with Gasteiger partial charge in [0.1, 0.15) is 18.3 Å². The highest BCUT2D eigenvalue weighted by atomic mass is 28.4. The molecule has 8 nitrogen and oxygen atoms in total. The summed E-state index contributed by atoms with van der Waals surface area (Å²) in [5.74, 6) is -3.92. The highest BCUT2D eigenvalue weighted by Crippen LogP contribution is 2.45. The zero-order valence-electron chi connectivity index (χ0n) is 21.8. The van der Waals surface area contributed by atoms with Gasteiger partial charge < -0.3 is 19.4 Å². The van der Waals surface area contributed by atoms with Crippen molar-refractivity contribution in [2.75, 3.05) is 0 Å². The van der Waals surface area contributed by atoms with Crippen molar-refractivity contribution < 1.29 is 36.7 Å². The maximum Gasteiger partial charge on any atom is 0.400 e. The average Bonchev–Trinajstić information content (AvgIpc) is 3.27. The number of nitrogens with one attached hydrogen (secondary N) is 1. The van der Waals surface area contributed by atoms with Gasteiger partial charge in [-0.05, 0) is 60.7 Å². The molecular formula is C27H25F4N3O5Si. The summed E-state index contributed by atoms with van der Waals surface area (Å²) >= 11 is 0. The molecule has 0 unspecified atom stereocenters. The van der Waals surface area contributed by atoms with Crippen molar-refractivity contribution >= 4 is 35.9 Å². The summed E-state index contributed by atoms with van der Waals surface area (Å²) in [5, 5.41) is 3.34. The van der Waals surface area contributed by atoms with Gasteiger partial charge in [0.2, 0.25) is 5.91 Å². The lowest BCUT2D eigenvalue weighted by Gasteiger charge is -2.30. The Morgan fingerprint density at radius 3 is 2.67 bits per heavy atom. The lowest BCUT2D eigenvalue weighted by atomic mass is 9.81. The number of rotatable bonds is 3. The minimum absolute atomic E-state index is 0.00612. The molecule has 3 atom stereocenters. The smallest absolute Gasteiger partial charge is 0.400 e. The van der Waals surface area contributed by atoms with Gasteiger partial charge in [0.25, 0.3) is 5.56 Å². The van der Waals surface area contributed by atoms with E-state index in [4.69, 9.17) is 9.72 Å². The number of nitrogens with zero attached hydrogens (tertiary/aromatic N) is 2. The molecule has 3 aliphatic rings. The number of aromatic nitrogens is 2. The van der Waals surface area contributed by atoms with Crippen LogP contribution in [-0.4, -0.2) is 40.3 Å². The van der Waals surface area contributed by atoms with Crippen LogP contribution in [0.5, 0.6) is 0 Å². The van der Waals surface area contributed by atoms with Gasteiger partial charge in [-0.2, -0.15) is 13.2 Å². The van der Waals surface area contributed by atoms with Crippen LogP contribution in [0.2, 0.25) is 6.04 Å². The summed E-state index contributed by atoms with van der Waals surface area (Å²) < 4.78 is 61.5. The SMILES string of the molecule is CC[Si@@]1(O)C(=O)OCc2c1cc1n(c2=O)Cc2c-1nc1cc(F)c(C)c3c1c2[C@@H](NC(=O)[C@H](C)C(F)(F)F)CC3. The van der Waals surface area contributed by atoms with Gasteiger partial charge in [0.15, 0.2) is 0 Å². The van der Waals surface area contributed by atoms with E-state index >= 15 is 0 Å². The number of carbonyl (C=O) groups excluding carboxylic acids is 2. The number of hydrogen-bond acceptors (Lipinski definition) is 6. The second-order valence-electron chi connectivity index (χ2n) is 10.7. The Hall–Kier alpha value is -3.58. The van der Waals surface area contributed by atoms with E-state index in [0.29, 0.717) is 45.4 Å². The maximum absolute atomic E-state index is 15.0. The number of halogens is 4. The zero-order chi connectivity index (χ0) is 28.9. The molecule has 1 aliphatic carbocycles. The molecule has 0 spiro atoms. The van der Waals surface area contributed by atoms with Gasteiger partial charge in [-0.1, -0.05) is 6.92 Å². The second kappa shape index (κ2) is 8.71. The van der Waals surface area contributed by atoms with Gasteiger partial charge in [-0.25, -0.2) is 9.37 Å². The number of aryl methyl sites for hydroxylation is 1. The molecule has 2 aromatic heterocycles. The molecule has 2 N–H and O–H groups in total. The summed E-state index contributed by atoms with van der Waals surface area (Å²) in [6.45, 7) is 3.77. The molecule has 6 rings (SSSR count). The van der Waals surface area contributed by atoms with Crippen LogP contribution >= 0.6 is 0 Å². The predicted octanol–water partition coefficient (Wildman–Crippen LogP) is 3.57. The Balaban J connectivity index is 1.60. The van der Waals surface area contributed by atoms with Crippen molar-refractivity contribution in [1.82, 2.24) is 14.9 Å². The Bertz CT molecular complexity index is 1720. The molecule has 1 amide bonds. The van der Waals surface area contributed by atoms with E-state index < -0.39 is 49.3 Å². The van der Waals surface area contributed by atoms with Crippen LogP contribution in [0.15, 0.2) is 16.9 Å². The molecule has 0 fully saturated rings. The Morgan fingerprint density at radius 2 is 2.00 bits per heavy atom. The standard InChI is InChI=1S/C27H25F4N3O5Si/c1-4-40(38)20-8-19-23-14(9-34(19)25(36)15(20)10-39-26(40)37)22-17(33-24(35)12(3)27(29,30)31)6-5-13-11(2)16(28)7-18(32-23)21(13)22/h7-8,12,17,38H,4-6,9-10H2,1-3H3,(H,33,35)/t12-,17-,40-/m0/s1. The summed E-state index contributed by atoms with van der Waals surface area (Å²) in [5.41, 5.74) is 1.90. The first kappa shape index (κ1) is 26.6. The Labute approximate surface area is 226 Å². The monoisotopic (exact) mass is 575 g/mol. The number of alkyl halides is 3. The number of ether oxygens (including phenoxy) is 1. The average molecular weight is 576 g/mol. The molecule has 0 radical (unpaired) electrons. The van der Waals surface area contributed by atoms with E-state index in [1.54, 1.807) is 19.9 Å². The summed E-state index contributed by atoms with van der Waals surface area (Å²) in [7, 11) is -3.81.